The van der Waals surface area contributed by atoms with Gasteiger partial charge in [-0.05, 0) is 54.4 Å². The summed E-state index contributed by atoms with van der Waals surface area (Å²) in [6.45, 7) is 0.698. The van der Waals surface area contributed by atoms with Gasteiger partial charge in [-0.25, -0.2) is 4.99 Å². The molecule has 0 amide bonds. The van der Waals surface area contributed by atoms with E-state index in [1.165, 1.54) is 38.1 Å². The summed E-state index contributed by atoms with van der Waals surface area (Å²) in [7, 11) is 0. The van der Waals surface area contributed by atoms with E-state index in [1.807, 2.05) is 0 Å². The molecule has 6 aromatic carbocycles. The maximum Gasteiger partial charge on any atom is 0.164 e. The van der Waals surface area contributed by atoms with Crippen molar-refractivity contribution in [2.24, 2.45) is 9.98 Å². The maximum atomic E-state index is 5.45. The van der Waals surface area contributed by atoms with Gasteiger partial charge in [0, 0.05) is 39.3 Å². The number of benzene rings is 6. The minimum absolute atomic E-state index is 0.698. The van der Waals surface area contributed by atoms with Crippen molar-refractivity contribution in [2.45, 2.75) is 6.42 Å². The molecule has 208 valence electrons. The highest BCUT2D eigenvalue weighted by molar-refractivity contribution is 6.50. The van der Waals surface area contributed by atoms with E-state index in [4.69, 9.17) is 9.98 Å². The van der Waals surface area contributed by atoms with Crippen LogP contribution in [-0.2, 0) is 6.42 Å². The molecule has 4 nitrogen and oxygen atoms in total. The van der Waals surface area contributed by atoms with Crippen LogP contribution in [0.1, 0.15) is 11.1 Å². The van der Waals surface area contributed by atoms with Crippen LogP contribution in [0.3, 0.4) is 0 Å². The average molecular weight is 565 g/mol. The van der Waals surface area contributed by atoms with Crippen LogP contribution in [0.25, 0.3) is 49.3 Å². The van der Waals surface area contributed by atoms with Crippen LogP contribution in [0.5, 0.6) is 0 Å². The van der Waals surface area contributed by atoms with Crippen LogP contribution in [0.4, 0.5) is 5.69 Å². The second kappa shape index (κ2) is 9.92. The Morgan fingerprint density at radius 3 is 1.82 bits per heavy atom. The topological polar surface area (TPSA) is 34.6 Å². The Balaban J connectivity index is 1.44. The van der Waals surface area contributed by atoms with Gasteiger partial charge in [-0.15, -0.1) is 0 Å². The van der Waals surface area contributed by atoms with Gasteiger partial charge in [-0.1, -0.05) is 103 Å². The van der Waals surface area contributed by atoms with Crippen molar-refractivity contribution in [3.05, 3.63) is 157 Å². The Bertz CT molecular complexity index is 2430. The van der Waals surface area contributed by atoms with E-state index in [-0.39, 0.29) is 0 Å². The fourth-order valence-electron chi connectivity index (χ4n) is 6.84. The molecule has 0 radical (unpaired) electrons. The molecule has 0 bridgehead atoms. The smallest absolute Gasteiger partial charge is 0.164 e. The number of fused-ring (bicyclic) bond motifs is 7. The Kier molecular flexibility index (Phi) is 5.60. The molecule has 0 unspecified atom stereocenters. The van der Waals surface area contributed by atoms with Gasteiger partial charge in [0.2, 0.25) is 0 Å². The third kappa shape index (κ3) is 3.78. The lowest BCUT2D eigenvalue weighted by Crippen LogP contribution is -2.25. The Morgan fingerprint density at radius 2 is 1.07 bits per heavy atom. The van der Waals surface area contributed by atoms with Gasteiger partial charge in [0.05, 0.1) is 27.8 Å². The van der Waals surface area contributed by atoms with Crippen LogP contribution < -0.4 is 0 Å². The van der Waals surface area contributed by atoms with E-state index in [2.05, 4.69) is 155 Å². The number of nitrogens with zero attached hydrogens (tertiary/aromatic N) is 4. The van der Waals surface area contributed by atoms with Crippen LogP contribution in [-0.4, -0.2) is 27.2 Å². The highest BCUT2D eigenvalue weighted by Gasteiger charge is 2.24. The highest BCUT2D eigenvalue weighted by atomic mass is 15.1. The molecule has 0 atom stereocenters. The number of para-hydroxylation sites is 4. The second-order valence-corrected chi connectivity index (χ2v) is 11.3. The number of aromatic nitrogens is 2. The van der Waals surface area contributed by atoms with Crippen molar-refractivity contribution in [2.75, 3.05) is 6.54 Å². The van der Waals surface area contributed by atoms with Crippen molar-refractivity contribution < 1.29 is 0 Å². The largest absolute Gasteiger partial charge is 0.309 e. The molecule has 9 rings (SSSR count). The van der Waals surface area contributed by atoms with E-state index in [0.29, 0.717) is 6.54 Å². The first-order valence-electron chi connectivity index (χ1n) is 15.1. The first-order valence-corrected chi connectivity index (χ1v) is 15.1. The van der Waals surface area contributed by atoms with E-state index in [0.717, 1.165) is 45.9 Å². The van der Waals surface area contributed by atoms with Gasteiger partial charge in [0.25, 0.3) is 0 Å². The first kappa shape index (κ1) is 24.8. The minimum atomic E-state index is 0.698. The van der Waals surface area contributed by atoms with Gasteiger partial charge < -0.3 is 4.57 Å². The average Bonchev–Trinajstić information content (AvgIpc) is 3.57. The normalized spacial score (nSPS) is 13.5. The van der Waals surface area contributed by atoms with E-state index < -0.39 is 0 Å². The van der Waals surface area contributed by atoms with Crippen molar-refractivity contribution in [3.8, 4) is 5.69 Å². The predicted molar refractivity (Wildman–Crippen MR) is 184 cm³/mol. The van der Waals surface area contributed by atoms with E-state index >= 15 is 0 Å². The summed E-state index contributed by atoms with van der Waals surface area (Å²) in [6, 6.07) is 51.7. The number of aliphatic imine (C=N–C) groups is 2. The SMILES string of the molecule is c1ccc(C2=NCCc3ccccc3N=C2n2c3ccccc3c3cc4c5ccccc5n(-c5ccccc5)c4cc32)cc1. The molecule has 2 aromatic heterocycles. The van der Waals surface area contributed by atoms with Crippen molar-refractivity contribution in [1.82, 2.24) is 9.13 Å². The summed E-state index contributed by atoms with van der Waals surface area (Å²) in [5.74, 6) is 0.844. The molecule has 0 saturated heterocycles. The predicted octanol–water partition coefficient (Wildman–Crippen LogP) is 9.52. The third-order valence-electron chi connectivity index (χ3n) is 8.82. The Morgan fingerprint density at radius 1 is 0.477 bits per heavy atom. The monoisotopic (exact) mass is 564 g/mol. The van der Waals surface area contributed by atoms with Crippen molar-refractivity contribution in [3.63, 3.8) is 0 Å². The maximum absolute atomic E-state index is 5.45. The summed E-state index contributed by atoms with van der Waals surface area (Å²) >= 11 is 0. The molecule has 4 heteroatoms. The summed E-state index contributed by atoms with van der Waals surface area (Å²) < 4.78 is 4.72. The summed E-state index contributed by atoms with van der Waals surface area (Å²) in [5.41, 5.74) is 9.92. The lowest BCUT2D eigenvalue weighted by Gasteiger charge is -2.18. The van der Waals surface area contributed by atoms with Crippen LogP contribution in [0.2, 0.25) is 0 Å². The molecule has 8 aromatic rings. The van der Waals surface area contributed by atoms with Crippen molar-refractivity contribution >= 4 is 60.8 Å². The zero-order valence-corrected chi connectivity index (χ0v) is 24.1. The molecule has 0 N–H and O–H groups in total. The molecule has 1 aliphatic heterocycles. The van der Waals surface area contributed by atoms with E-state index in [1.54, 1.807) is 0 Å². The fourth-order valence-corrected chi connectivity index (χ4v) is 6.84. The molecule has 0 spiro atoms. The van der Waals surface area contributed by atoms with Gasteiger partial charge in [0.1, 0.15) is 5.71 Å². The molecule has 0 fully saturated rings. The fraction of sp³-hybridized carbons (Fsp3) is 0.0500. The molecule has 44 heavy (non-hydrogen) atoms. The van der Waals surface area contributed by atoms with Crippen molar-refractivity contribution in [1.29, 1.82) is 0 Å². The van der Waals surface area contributed by atoms with Crippen LogP contribution in [0, 0.1) is 0 Å². The molecule has 3 heterocycles. The van der Waals surface area contributed by atoms with Gasteiger partial charge in [0.15, 0.2) is 5.84 Å². The molecular weight excluding hydrogens is 536 g/mol. The zero-order valence-electron chi connectivity index (χ0n) is 24.1. The second-order valence-electron chi connectivity index (χ2n) is 11.3. The third-order valence-corrected chi connectivity index (χ3v) is 8.82. The number of rotatable bonds is 2. The Labute approximate surface area is 254 Å². The highest BCUT2D eigenvalue weighted by Crippen LogP contribution is 2.39. The Hall–Kier alpha value is -5.74. The number of hydrogen-bond acceptors (Lipinski definition) is 2. The standard InChI is InChI=1S/C40H28N4/c1-3-14-28(15-4-1)39-40(42-34-20-10-7-13-27(34)23-24-41-39)44-36-22-12-9-19-31(36)33-25-32-30-18-8-11-21-35(30)43(37(32)26-38(33)44)29-16-5-2-6-17-29/h1-22,25-26H,23-24H2. The zero-order chi connectivity index (χ0) is 29.0. The quantitative estimate of drug-likeness (QED) is 0.200. The lowest BCUT2D eigenvalue weighted by molar-refractivity contribution is 0.963. The molecule has 0 saturated carbocycles. The molecule has 1 aliphatic rings. The minimum Gasteiger partial charge on any atom is -0.309 e. The summed E-state index contributed by atoms with van der Waals surface area (Å²) in [4.78, 5) is 10.7. The summed E-state index contributed by atoms with van der Waals surface area (Å²) in [6.07, 6.45) is 0.855. The van der Waals surface area contributed by atoms with E-state index in [9.17, 15) is 0 Å². The van der Waals surface area contributed by atoms with Gasteiger partial charge >= 0.3 is 0 Å². The van der Waals surface area contributed by atoms with Crippen LogP contribution >= 0.6 is 0 Å². The van der Waals surface area contributed by atoms with Gasteiger partial charge in [-0.2, -0.15) is 0 Å². The number of hydrogen-bond donors (Lipinski definition) is 0. The summed E-state index contributed by atoms with van der Waals surface area (Å²) in [5, 5.41) is 4.89. The first-order chi connectivity index (χ1) is 21.8. The lowest BCUT2D eigenvalue weighted by atomic mass is 10.1. The molecule has 0 aliphatic carbocycles. The molecular formula is C40H28N4. The van der Waals surface area contributed by atoms with Crippen LogP contribution in [0.15, 0.2) is 156 Å². The van der Waals surface area contributed by atoms with Gasteiger partial charge in [-0.3, -0.25) is 9.56 Å².